The molecule has 2 heterocycles. The molecule has 37 heavy (non-hydrogen) atoms. The van der Waals surface area contributed by atoms with Gasteiger partial charge in [-0.2, -0.15) is 26.3 Å². The van der Waals surface area contributed by atoms with E-state index in [0.29, 0.717) is 48.8 Å². The summed E-state index contributed by atoms with van der Waals surface area (Å²) in [4.78, 5) is 6.98. The van der Waals surface area contributed by atoms with E-state index < -0.39 is 63.6 Å². The lowest BCUT2D eigenvalue weighted by molar-refractivity contribution is -0.288. The van der Waals surface area contributed by atoms with Crippen LogP contribution in [0.3, 0.4) is 0 Å². The van der Waals surface area contributed by atoms with Crippen molar-refractivity contribution in [1.29, 1.82) is 0 Å². The predicted molar refractivity (Wildman–Crippen MR) is 112 cm³/mol. The molecule has 0 unspecified atom stereocenters. The summed E-state index contributed by atoms with van der Waals surface area (Å²) in [5.41, 5.74) is -8.33. The van der Waals surface area contributed by atoms with Crippen molar-refractivity contribution in [1.82, 2.24) is 9.97 Å². The summed E-state index contributed by atoms with van der Waals surface area (Å²) in [5.74, 6) is -4.37. The van der Waals surface area contributed by atoms with Crippen LogP contribution in [0.2, 0.25) is 0 Å². The maximum atomic E-state index is 14.4. The number of pyridine rings is 2. The van der Waals surface area contributed by atoms with Gasteiger partial charge in [0.05, 0.1) is 12.4 Å². The van der Waals surface area contributed by atoms with Crippen molar-refractivity contribution in [2.45, 2.75) is 17.8 Å². The zero-order valence-electron chi connectivity index (χ0n) is 18.1. The van der Waals surface area contributed by atoms with Gasteiger partial charge in [-0.05, 0) is 11.1 Å². The highest BCUT2D eigenvalue weighted by atomic mass is 19.4. The molecule has 0 fully saturated rings. The lowest BCUT2D eigenvalue weighted by Gasteiger charge is -2.38. The number of rotatable bonds is 4. The van der Waals surface area contributed by atoms with E-state index in [-0.39, 0.29) is 11.1 Å². The number of hydrogen-bond donors (Lipinski definition) is 0. The molecule has 0 saturated heterocycles. The Bertz CT molecular complexity index is 1320. The van der Waals surface area contributed by atoms with Crippen molar-refractivity contribution < 1.29 is 43.9 Å². The first-order valence-corrected chi connectivity index (χ1v) is 10.2. The fourth-order valence-electron chi connectivity index (χ4n) is 3.99. The smallest absolute Gasteiger partial charge is 0.250 e. The van der Waals surface area contributed by atoms with Gasteiger partial charge < -0.3 is 0 Å². The SMILES string of the molecule is Fc1cnc(-c2ccc(C(c3ccc(-c4ncc(F)cc4F)cc3)(C(F)(F)F)C(F)(F)F)cc2)c(F)c1. The molecule has 0 radical (unpaired) electrons. The van der Waals surface area contributed by atoms with Gasteiger partial charge in [0, 0.05) is 23.3 Å². The third-order valence-corrected chi connectivity index (χ3v) is 5.65. The number of benzene rings is 2. The van der Waals surface area contributed by atoms with Crippen LogP contribution in [0, 0.1) is 23.3 Å². The van der Waals surface area contributed by atoms with E-state index in [1.165, 1.54) is 0 Å². The van der Waals surface area contributed by atoms with E-state index in [0.717, 1.165) is 24.3 Å². The quantitative estimate of drug-likeness (QED) is 0.252. The minimum absolute atomic E-state index is 0.187. The van der Waals surface area contributed by atoms with Gasteiger partial charge in [-0.15, -0.1) is 0 Å². The third kappa shape index (κ3) is 4.51. The van der Waals surface area contributed by atoms with E-state index in [1.807, 2.05) is 0 Å². The fraction of sp³-hybridized carbons (Fsp3) is 0.120. The van der Waals surface area contributed by atoms with E-state index >= 15 is 0 Å². The lowest BCUT2D eigenvalue weighted by atomic mass is 9.72. The monoisotopic (exact) mass is 530 g/mol. The summed E-state index contributed by atoms with van der Waals surface area (Å²) in [6, 6.07) is 6.23. The molecule has 4 rings (SSSR count). The minimum atomic E-state index is -5.91. The van der Waals surface area contributed by atoms with Crippen LogP contribution in [0.4, 0.5) is 43.9 Å². The van der Waals surface area contributed by atoms with E-state index in [4.69, 9.17) is 0 Å². The maximum Gasteiger partial charge on any atom is 0.411 e. The van der Waals surface area contributed by atoms with Crippen LogP contribution in [-0.2, 0) is 5.41 Å². The summed E-state index contributed by atoms with van der Waals surface area (Å²) >= 11 is 0. The molecule has 0 spiro atoms. The summed E-state index contributed by atoms with van der Waals surface area (Å²) in [6.45, 7) is 0. The Hall–Kier alpha value is -3.96. The molecule has 2 aromatic carbocycles. The van der Waals surface area contributed by atoms with Crippen molar-refractivity contribution >= 4 is 0 Å². The highest BCUT2D eigenvalue weighted by Gasteiger charge is 2.72. The largest absolute Gasteiger partial charge is 0.411 e. The number of alkyl halides is 6. The van der Waals surface area contributed by atoms with Crippen molar-refractivity contribution in [2.24, 2.45) is 0 Å². The molecule has 0 aliphatic carbocycles. The normalized spacial score (nSPS) is 12.6. The Morgan fingerprint density at radius 3 is 1.08 bits per heavy atom. The molecule has 0 bridgehead atoms. The Labute approximate surface area is 202 Å². The molecule has 0 aliphatic heterocycles. The molecule has 192 valence electrons. The summed E-state index contributed by atoms with van der Waals surface area (Å²) in [5, 5.41) is 0. The summed E-state index contributed by atoms with van der Waals surface area (Å²) in [7, 11) is 0. The molecule has 12 heteroatoms. The molecular formula is C25H12F10N2. The molecule has 0 atom stereocenters. The summed E-state index contributed by atoms with van der Waals surface area (Å²) < 4.78 is 140. The van der Waals surface area contributed by atoms with Crippen molar-refractivity contribution in [3.63, 3.8) is 0 Å². The number of hydrogen-bond acceptors (Lipinski definition) is 2. The second-order valence-electron chi connectivity index (χ2n) is 7.87. The fourth-order valence-corrected chi connectivity index (χ4v) is 3.99. The van der Waals surface area contributed by atoms with E-state index in [2.05, 4.69) is 9.97 Å². The van der Waals surface area contributed by atoms with Gasteiger partial charge in [0.2, 0.25) is 5.41 Å². The average Bonchev–Trinajstić information content (AvgIpc) is 2.79. The molecule has 0 aliphatic rings. The minimum Gasteiger partial charge on any atom is -0.250 e. The second kappa shape index (κ2) is 9.16. The van der Waals surface area contributed by atoms with Crippen LogP contribution in [0.1, 0.15) is 11.1 Å². The Kier molecular flexibility index (Phi) is 6.47. The van der Waals surface area contributed by atoms with Gasteiger partial charge in [-0.25, -0.2) is 17.6 Å². The van der Waals surface area contributed by atoms with Crippen LogP contribution < -0.4 is 0 Å². The predicted octanol–water partition coefficient (Wildman–Crippen LogP) is 7.78. The van der Waals surface area contributed by atoms with Crippen LogP contribution in [0.5, 0.6) is 0 Å². The second-order valence-corrected chi connectivity index (χ2v) is 7.87. The van der Waals surface area contributed by atoms with Gasteiger partial charge in [0.15, 0.2) is 11.6 Å². The van der Waals surface area contributed by atoms with Crippen molar-refractivity contribution in [2.75, 3.05) is 0 Å². The molecule has 2 nitrogen and oxygen atoms in total. The number of aromatic nitrogens is 2. The van der Waals surface area contributed by atoms with Crippen LogP contribution in [-0.4, -0.2) is 22.3 Å². The standard InChI is InChI=1S/C25H12F10N2/c26-17-9-19(28)21(36-11-17)13-1-5-15(6-2-13)23(24(30,31)32,25(33,34)35)16-7-3-14(4-8-16)22-20(29)10-18(27)12-37-22/h1-12H. The zero-order valence-corrected chi connectivity index (χ0v) is 18.1. The Balaban J connectivity index is 1.86. The molecule has 4 aromatic rings. The molecule has 0 amide bonds. The maximum absolute atomic E-state index is 14.4. The molecule has 2 aromatic heterocycles. The summed E-state index contributed by atoms with van der Waals surface area (Å²) in [6.07, 6.45) is -10.5. The highest BCUT2D eigenvalue weighted by Crippen LogP contribution is 2.56. The highest BCUT2D eigenvalue weighted by molar-refractivity contribution is 5.63. The van der Waals surface area contributed by atoms with Gasteiger partial charge >= 0.3 is 12.4 Å². The molecular weight excluding hydrogens is 518 g/mol. The number of halogens is 10. The van der Waals surface area contributed by atoms with Gasteiger partial charge in [-0.1, -0.05) is 48.5 Å². The first-order chi connectivity index (χ1) is 17.3. The Morgan fingerprint density at radius 2 is 0.811 bits per heavy atom. The zero-order chi connectivity index (χ0) is 27.2. The first kappa shape index (κ1) is 26.1. The van der Waals surface area contributed by atoms with Gasteiger partial charge in [0.1, 0.15) is 23.0 Å². The lowest BCUT2D eigenvalue weighted by Crippen LogP contribution is -2.54. The molecule has 0 saturated carbocycles. The third-order valence-electron chi connectivity index (χ3n) is 5.65. The number of nitrogens with zero attached hydrogens (tertiary/aromatic N) is 2. The van der Waals surface area contributed by atoms with Crippen molar-refractivity contribution in [3.8, 4) is 22.5 Å². The van der Waals surface area contributed by atoms with Crippen LogP contribution in [0.25, 0.3) is 22.5 Å². The van der Waals surface area contributed by atoms with E-state index in [1.54, 1.807) is 0 Å². The average molecular weight is 530 g/mol. The van der Waals surface area contributed by atoms with E-state index in [9.17, 15) is 43.9 Å². The topological polar surface area (TPSA) is 25.8 Å². The Morgan fingerprint density at radius 1 is 0.486 bits per heavy atom. The van der Waals surface area contributed by atoms with Crippen LogP contribution >= 0.6 is 0 Å². The van der Waals surface area contributed by atoms with Crippen molar-refractivity contribution in [3.05, 3.63) is 107 Å². The first-order valence-electron chi connectivity index (χ1n) is 10.2. The molecule has 0 N–H and O–H groups in total. The van der Waals surface area contributed by atoms with Gasteiger partial charge in [0.25, 0.3) is 0 Å². The van der Waals surface area contributed by atoms with Crippen LogP contribution in [0.15, 0.2) is 73.1 Å². The van der Waals surface area contributed by atoms with Gasteiger partial charge in [-0.3, -0.25) is 9.97 Å².